The molecule has 0 aromatic rings. The van der Waals surface area contributed by atoms with Crippen molar-refractivity contribution in [1.82, 2.24) is 0 Å². The molecular weight excluding hydrogens is 304 g/mol. The second kappa shape index (κ2) is 16.3. The standard InChI is InChI=1S/C12H22O2.C8H14O2/c1-10(2)8-6-4-5-7-9-11(3)12(13)14;1-4-5-6-10-8(9)7(2)3/h9-10H,4-8H2,1-3H3,(H,13,14);2,4-6H2,1,3H3. The number of allylic oxidation sites excluding steroid dienone is 1. The lowest BCUT2D eigenvalue weighted by Crippen LogP contribution is -2.05. The van der Waals surface area contributed by atoms with Gasteiger partial charge < -0.3 is 9.84 Å². The summed E-state index contributed by atoms with van der Waals surface area (Å²) >= 11 is 0. The van der Waals surface area contributed by atoms with Gasteiger partial charge in [0.05, 0.1) is 6.61 Å². The fraction of sp³-hybridized carbons (Fsp3) is 0.700. The molecule has 0 amide bonds. The van der Waals surface area contributed by atoms with Crippen LogP contribution in [0.5, 0.6) is 0 Å². The van der Waals surface area contributed by atoms with E-state index in [-0.39, 0.29) is 5.97 Å². The summed E-state index contributed by atoms with van der Waals surface area (Å²) in [5.74, 6) is -0.299. The van der Waals surface area contributed by atoms with E-state index in [4.69, 9.17) is 9.84 Å². The second-order valence-corrected chi connectivity index (χ2v) is 6.49. The molecule has 4 nitrogen and oxygen atoms in total. The number of carboxylic acid groups (broad SMARTS) is 1. The zero-order valence-electron chi connectivity index (χ0n) is 16.2. The zero-order chi connectivity index (χ0) is 19.0. The monoisotopic (exact) mass is 340 g/mol. The maximum Gasteiger partial charge on any atom is 0.333 e. The number of hydrogen-bond donors (Lipinski definition) is 1. The van der Waals surface area contributed by atoms with Crippen LogP contribution in [0.25, 0.3) is 0 Å². The van der Waals surface area contributed by atoms with Gasteiger partial charge in [0.25, 0.3) is 0 Å². The predicted octanol–water partition coefficient (Wildman–Crippen LogP) is 5.53. The number of carbonyl (C=O) groups excluding carboxylic acids is 1. The van der Waals surface area contributed by atoms with Crippen LogP contribution in [0.2, 0.25) is 0 Å². The molecule has 0 rings (SSSR count). The summed E-state index contributed by atoms with van der Waals surface area (Å²) in [7, 11) is 0. The Bertz CT molecular complexity index is 394. The topological polar surface area (TPSA) is 63.6 Å². The average Bonchev–Trinajstić information content (AvgIpc) is 2.50. The summed E-state index contributed by atoms with van der Waals surface area (Å²) < 4.78 is 4.81. The van der Waals surface area contributed by atoms with E-state index in [1.54, 1.807) is 13.8 Å². The van der Waals surface area contributed by atoms with Gasteiger partial charge in [0.1, 0.15) is 0 Å². The van der Waals surface area contributed by atoms with Gasteiger partial charge in [0.15, 0.2) is 0 Å². The van der Waals surface area contributed by atoms with Crippen LogP contribution in [0.1, 0.15) is 79.6 Å². The Morgan fingerprint density at radius 3 is 2.21 bits per heavy atom. The Balaban J connectivity index is 0. The molecule has 0 saturated heterocycles. The quantitative estimate of drug-likeness (QED) is 0.305. The first-order valence-electron chi connectivity index (χ1n) is 8.95. The van der Waals surface area contributed by atoms with Crippen molar-refractivity contribution >= 4 is 11.9 Å². The van der Waals surface area contributed by atoms with Crippen molar-refractivity contribution < 1.29 is 19.4 Å². The summed E-state index contributed by atoms with van der Waals surface area (Å²) in [6.07, 6.45) is 9.55. The van der Waals surface area contributed by atoms with Crippen molar-refractivity contribution in [3.05, 3.63) is 23.8 Å². The highest BCUT2D eigenvalue weighted by atomic mass is 16.5. The number of unbranched alkanes of at least 4 members (excludes halogenated alkanes) is 4. The lowest BCUT2D eigenvalue weighted by atomic mass is 10.0. The molecule has 0 aliphatic rings. The van der Waals surface area contributed by atoms with Gasteiger partial charge in [-0.15, -0.1) is 0 Å². The molecule has 0 radical (unpaired) electrons. The molecule has 0 heterocycles. The van der Waals surface area contributed by atoms with E-state index in [2.05, 4.69) is 27.4 Å². The molecule has 0 fully saturated rings. The van der Waals surface area contributed by atoms with Gasteiger partial charge in [0.2, 0.25) is 0 Å². The van der Waals surface area contributed by atoms with Gasteiger partial charge in [-0.1, -0.05) is 59.1 Å². The minimum atomic E-state index is -0.799. The fourth-order valence-electron chi connectivity index (χ4n) is 1.71. The van der Waals surface area contributed by atoms with Crippen LogP contribution in [0, 0.1) is 5.92 Å². The summed E-state index contributed by atoms with van der Waals surface area (Å²) in [6.45, 7) is 13.8. The van der Waals surface area contributed by atoms with Crippen LogP contribution in [-0.4, -0.2) is 23.7 Å². The van der Waals surface area contributed by atoms with Gasteiger partial charge >= 0.3 is 11.9 Å². The Morgan fingerprint density at radius 1 is 1.12 bits per heavy atom. The third-order valence-corrected chi connectivity index (χ3v) is 3.35. The smallest absolute Gasteiger partial charge is 0.333 e. The fourth-order valence-corrected chi connectivity index (χ4v) is 1.71. The van der Waals surface area contributed by atoms with E-state index in [1.807, 2.05) is 6.08 Å². The van der Waals surface area contributed by atoms with Crippen LogP contribution < -0.4 is 0 Å². The molecule has 1 N–H and O–H groups in total. The molecule has 0 saturated carbocycles. The van der Waals surface area contributed by atoms with Crippen molar-refractivity contribution in [3.8, 4) is 0 Å². The molecule has 24 heavy (non-hydrogen) atoms. The molecule has 0 unspecified atom stereocenters. The van der Waals surface area contributed by atoms with E-state index in [0.29, 0.717) is 17.8 Å². The summed E-state index contributed by atoms with van der Waals surface area (Å²) in [5, 5.41) is 8.59. The number of hydrogen-bond acceptors (Lipinski definition) is 3. The zero-order valence-corrected chi connectivity index (χ0v) is 16.2. The lowest BCUT2D eigenvalue weighted by Gasteiger charge is -2.02. The van der Waals surface area contributed by atoms with Gasteiger partial charge in [-0.2, -0.15) is 0 Å². The first-order chi connectivity index (χ1) is 11.2. The number of carboxylic acids is 1. The van der Waals surface area contributed by atoms with Crippen LogP contribution in [0.3, 0.4) is 0 Å². The van der Waals surface area contributed by atoms with E-state index >= 15 is 0 Å². The minimum Gasteiger partial charge on any atom is -0.478 e. The maximum atomic E-state index is 10.7. The number of rotatable bonds is 11. The molecule has 4 heteroatoms. The Hall–Kier alpha value is -1.58. The molecule has 0 aliphatic heterocycles. The van der Waals surface area contributed by atoms with Crippen LogP contribution >= 0.6 is 0 Å². The molecule has 0 aliphatic carbocycles. The minimum absolute atomic E-state index is 0.284. The molecule has 0 aromatic heterocycles. The first kappa shape index (κ1) is 24.7. The van der Waals surface area contributed by atoms with Crippen molar-refractivity contribution in [2.75, 3.05) is 6.61 Å². The summed E-state index contributed by atoms with van der Waals surface area (Å²) in [4.78, 5) is 21.1. The van der Waals surface area contributed by atoms with Gasteiger partial charge in [-0.05, 0) is 39.0 Å². The third-order valence-electron chi connectivity index (χ3n) is 3.35. The second-order valence-electron chi connectivity index (χ2n) is 6.49. The SMILES string of the molecule is C=C(C)C(=O)OCCCC.CC(=CCCCCCC(C)C)C(=O)O. The molecule has 140 valence electrons. The first-order valence-corrected chi connectivity index (χ1v) is 8.95. The average molecular weight is 341 g/mol. The Morgan fingerprint density at radius 2 is 1.75 bits per heavy atom. The van der Waals surface area contributed by atoms with Crippen molar-refractivity contribution in [3.63, 3.8) is 0 Å². The summed E-state index contributed by atoms with van der Waals surface area (Å²) in [6, 6.07) is 0. The van der Waals surface area contributed by atoms with Crippen LogP contribution in [0.4, 0.5) is 0 Å². The highest BCUT2D eigenvalue weighted by Gasteiger charge is 2.00. The molecule has 0 atom stereocenters. The Labute approximate surface area is 148 Å². The number of esters is 1. The highest BCUT2D eigenvalue weighted by molar-refractivity contribution is 5.86. The van der Waals surface area contributed by atoms with E-state index in [9.17, 15) is 9.59 Å². The van der Waals surface area contributed by atoms with Crippen LogP contribution in [-0.2, 0) is 14.3 Å². The van der Waals surface area contributed by atoms with Crippen LogP contribution in [0.15, 0.2) is 23.8 Å². The van der Waals surface area contributed by atoms with E-state index < -0.39 is 5.97 Å². The van der Waals surface area contributed by atoms with Gasteiger partial charge in [0, 0.05) is 11.1 Å². The van der Waals surface area contributed by atoms with Crippen molar-refractivity contribution in [2.45, 2.75) is 79.6 Å². The van der Waals surface area contributed by atoms with Gasteiger partial charge in [-0.3, -0.25) is 0 Å². The third kappa shape index (κ3) is 18.5. The Kier molecular flexibility index (Phi) is 16.7. The largest absolute Gasteiger partial charge is 0.478 e. The van der Waals surface area contributed by atoms with E-state index in [0.717, 1.165) is 31.6 Å². The molecular formula is C20H36O4. The molecule has 0 bridgehead atoms. The normalized spacial score (nSPS) is 10.8. The summed E-state index contributed by atoms with van der Waals surface area (Å²) in [5.41, 5.74) is 0.935. The van der Waals surface area contributed by atoms with E-state index in [1.165, 1.54) is 19.3 Å². The lowest BCUT2D eigenvalue weighted by molar-refractivity contribution is -0.139. The number of ether oxygens (including phenoxy) is 1. The predicted molar refractivity (Wildman–Crippen MR) is 100.0 cm³/mol. The van der Waals surface area contributed by atoms with Crippen molar-refractivity contribution in [2.24, 2.45) is 5.92 Å². The maximum absolute atomic E-state index is 10.7. The molecule has 0 spiro atoms. The highest BCUT2D eigenvalue weighted by Crippen LogP contribution is 2.10. The number of aliphatic carboxylic acids is 1. The number of carbonyl (C=O) groups is 2. The van der Waals surface area contributed by atoms with Gasteiger partial charge in [-0.25, -0.2) is 9.59 Å². The molecule has 0 aromatic carbocycles. The van der Waals surface area contributed by atoms with Crippen molar-refractivity contribution in [1.29, 1.82) is 0 Å².